The van der Waals surface area contributed by atoms with Gasteiger partial charge in [-0.1, -0.05) is 30.3 Å². The highest BCUT2D eigenvalue weighted by atomic mass is 16.6. The highest BCUT2D eigenvalue weighted by Gasteiger charge is 2.52. The van der Waals surface area contributed by atoms with Gasteiger partial charge in [-0.05, 0) is 24.3 Å². The molecule has 3 fully saturated rings. The minimum atomic E-state index is -0.289. The minimum Gasteiger partial charge on any atom is -0.445 e. The second-order valence-corrected chi connectivity index (χ2v) is 5.08. The molecule has 4 heteroatoms. The van der Waals surface area contributed by atoms with Gasteiger partial charge in [-0.3, -0.25) is 4.90 Å². The van der Waals surface area contributed by atoms with E-state index >= 15 is 0 Å². The quantitative estimate of drug-likeness (QED) is 0.885. The summed E-state index contributed by atoms with van der Waals surface area (Å²) in [6.45, 7) is 0.341. The molecule has 2 aliphatic heterocycles. The van der Waals surface area contributed by atoms with Crippen LogP contribution in [0.1, 0.15) is 18.4 Å². The second-order valence-electron chi connectivity index (χ2n) is 5.08. The Bertz CT molecular complexity index is 428. The Morgan fingerprint density at radius 3 is 2.72 bits per heavy atom. The fourth-order valence-corrected chi connectivity index (χ4v) is 2.98. The smallest absolute Gasteiger partial charge is 0.410 e. The number of nitrogens with zero attached hydrogens (tertiary/aromatic N) is 1. The van der Waals surface area contributed by atoms with Gasteiger partial charge in [-0.25, -0.2) is 4.79 Å². The van der Waals surface area contributed by atoms with Crippen molar-refractivity contribution in [2.75, 3.05) is 6.61 Å². The lowest BCUT2D eigenvalue weighted by Gasteiger charge is -2.25. The van der Waals surface area contributed by atoms with E-state index in [9.17, 15) is 9.90 Å². The molecule has 2 heterocycles. The Hall–Kier alpha value is -1.55. The van der Waals surface area contributed by atoms with Crippen molar-refractivity contribution in [3.63, 3.8) is 0 Å². The molecular formula is C14H17NO3. The summed E-state index contributed by atoms with van der Waals surface area (Å²) in [4.78, 5) is 13.7. The number of aliphatic hydroxyl groups is 1. The van der Waals surface area contributed by atoms with Crippen LogP contribution in [-0.4, -0.2) is 34.8 Å². The number of rotatable bonds is 3. The molecule has 18 heavy (non-hydrogen) atoms. The largest absolute Gasteiger partial charge is 0.445 e. The van der Waals surface area contributed by atoms with E-state index in [0.717, 1.165) is 18.4 Å². The van der Waals surface area contributed by atoms with E-state index in [0.29, 0.717) is 12.5 Å². The van der Waals surface area contributed by atoms with Crippen molar-refractivity contribution in [3.05, 3.63) is 35.9 Å². The Morgan fingerprint density at radius 2 is 2.06 bits per heavy atom. The average molecular weight is 247 g/mol. The summed E-state index contributed by atoms with van der Waals surface area (Å²) in [6.07, 6.45) is 1.75. The Labute approximate surface area is 106 Å². The van der Waals surface area contributed by atoms with Crippen LogP contribution in [0.5, 0.6) is 0 Å². The molecule has 1 aromatic carbocycles. The van der Waals surface area contributed by atoms with Gasteiger partial charge in [0.05, 0.1) is 12.6 Å². The standard InChI is InChI=1S/C14H17NO3/c16-8-13-11-6-12(7-11)15(13)14(17)18-9-10-4-2-1-3-5-10/h1-5,11-13,16H,6-9H2. The molecule has 2 bridgehead atoms. The van der Waals surface area contributed by atoms with E-state index < -0.39 is 0 Å². The molecule has 1 unspecified atom stereocenters. The third kappa shape index (κ3) is 1.86. The van der Waals surface area contributed by atoms with Gasteiger partial charge < -0.3 is 9.84 Å². The molecule has 0 spiro atoms. The molecule has 2 saturated heterocycles. The molecule has 1 N–H and O–H groups in total. The van der Waals surface area contributed by atoms with E-state index in [1.54, 1.807) is 4.90 Å². The molecule has 4 rings (SSSR count). The molecule has 1 amide bonds. The first-order valence-electron chi connectivity index (χ1n) is 6.39. The summed E-state index contributed by atoms with van der Waals surface area (Å²) in [7, 11) is 0. The number of ether oxygens (including phenoxy) is 1. The fourth-order valence-electron chi connectivity index (χ4n) is 2.98. The zero-order chi connectivity index (χ0) is 12.5. The summed E-state index contributed by atoms with van der Waals surface area (Å²) >= 11 is 0. The third-order valence-corrected chi connectivity index (χ3v) is 4.05. The van der Waals surface area contributed by atoms with Gasteiger partial charge >= 0.3 is 6.09 Å². The Balaban J connectivity index is 1.59. The molecule has 1 aliphatic carbocycles. The zero-order valence-electron chi connectivity index (χ0n) is 10.2. The second kappa shape index (κ2) is 4.61. The number of amides is 1. The van der Waals surface area contributed by atoms with Gasteiger partial charge in [-0.2, -0.15) is 0 Å². The van der Waals surface area contributed by atoms with Gasteiger partial charge in [0.2, 0.25) is 0 Å². The summed E-state index contributed by atoms with van der Waals surface area (Å²) in [5.41, 5.74) is 0.984. The predicted octanol–water partition coefficient (Wildman–Crippen LogP) is 1.78. The van der Waals surface area contributed by atoms with Crippen LogP contribution >= 0.6 is 0 Å². The lowest BCUT2D eigenvalue weighted by molar-refractivity contribution is 0.0755. The van der Waals surface area contributed by atoms with Crippen LogP contribution < -0.4 is 0 Å². The van der Waals surface area contributed by atoms with Gasteiger partial charge in [0.1, 0.15) is 6.61 Å². The van der Waals surface area contributed by atoms with Crippen molar-refractivity contribution in [2.24, 2.45) is 5.92 Å². The lowest BCUT2D eigenvalue weighted by Crippen LogP contribution is -2.39. The van der Waals surface area contributed by atoms with Crippen LogP contribution in [0.25, 0.3) is 0 Å². The monoisotopic (exact) mass is 247 g/mol. The van der Waals surface area contributed by atoms with Gasteiger partial charge in [0.15, 0.2) is 0 Å². The van der Waals surface area contributed by atoms with Crippen molar-refractivity contribution in [1.29, 1.82) is 0 Å². The van der Waals surface area contributed by atoms with Crippen LogP contribution in [0, 0.1) is 5.92 Å². The average Bonchev–Trinajstić information content (AvgIpc) is 2.90. The van der Waals surface area contributed by atoms with Crippen molar-refractivity contribution in [1.82, 2.24) is 4.90 Å². The maximum absolute atomic E-state index is 12.0. The van der Waals surface area contributed by atoms with Gasteiger partial charge in [0.25, 0.3) is 0 Å². The molecule has 96 valence electrons. The summed E-state index contributed by atoms with van der Waals surface area (Å²) in [5.74, 6) is 0.476. The molecule has 4 nitrogen and oxygen atoms in total. The van der Waals surface area contributed by atoms with Crippen molar-refractivity contribution < 1.29 is 14.6 Å². The zero-order valence-corrected chi connectivity index (χ0v) is 10.2. The molecule has 1 saturated carbocycles. The van der Waals surface area contributed by atoms with E-state index in [1.165, 1.54) is 0 Å². The Kier molecular flexibility index (Phi) is 2.96. The van der Waals surface area contributed by atoms with Crippen LogP contribution in [0.15, 0.2) is 30.3 Å². The summed E-state index contributed by atoms with van der Waals surface area (Å²) < 4.78 is 5.32. The number of fused-ring (bicyclic) bond motifs is 1. The number of carbonyl (C=O) groups excluding carboxylic acids is 1. The van der Waals surface area contributed by atoms with Crippen LogP contribution in [-0.2, 0) is 11.3 Å². The highest BCUT2D eigenvalue weighted by molar-refractivity contribution is 5.69. The first-order chi connectivity index (χ1) is 8.79. The number of hydrogen-bond donors (Lipinski definition) is 1. The summed E-state index contributed by atoms with van der Waals surface area (Å²) in [5, 5.41) is 9.32. The SMILES string of the molecule is O=C(OCc1ccccc1)N1C2CC(C2)C1CO. The van der Waals surface area contributed by atoms with Gasteiger partial charge in [0, 0.05) is 6.04 Å². The number of aliphatic hydroxyl groups excluding tert-OH is 1. The first kappa shape index (κ1) is 11.5. The highest BCUT2D eigenvalue weighted by Crippen LogP contribution is 2.45. The molecule has 1 aromatic rings. The first-order valence-corrected chi connectivity index (χ1v) is 6.39. The maximum Gasteiger partial charge on any atom is 0.410 e. The third-order valence-electron chi connectivity index (χ3n) is 4.05. The number of carbonyl (C=O) groups is 1. The van der Waals surface area contributed by atoms with Crippen molar-refractivity contribution in [2.45, 2.75) is 31.5 Å². The van der Waals surface area contributed by atoms with Crippen LogP contribution in [0.4, 0.5) is 4.79 Å². The predicted molar refractivity (Wildman–Crippen MR) is 65.9 cm³/mol. The van der Waals surface area contributed by atoms with E-state index in [-0.39, 0.29) is 24.8 Å². The molecule has 0 radical (unpaired) electrons. The van der Waals surface area contributed by atoms with E-state index in [4.69, 9.17) is 4.74 Å². The van der Waals surface area contributed by atoms with Crippen LogP contribution in [0.3, 0.4) is 0 Å². The molecule has 1 atom stereocenters. The number of hydrogen-bond acceptors (Lipinski definition) is 3. The van der Waals surface area contributed by atoms with E-state index in [1.807, 2.05) is 30.3 Å². The lowest BCUT2D eigenvalue weighted by atomic mass is 9.83. The topological polar surface area (TPSA) is 49.8 Å². The fraction of sp³-hybridized carbons (Fsp3) is 0.500. The minimum absolute atomic E-state index is 0.0294. The molecular weight excluding hydrogens is 230 g/mol. The normalized spacial score (nSPS) is 28.9. The van der Waals surface area contributed by atoms with Crippen molar-refractivity contribution >= 4 is 6.09 Å². The molecule has 0 aromatic heterocycles. The maximum atomic E-state index is 12.0. The van der Waals surface area contributed by atoms with Gasteiger partial charge in [-0.15, -0.1) is 0 Å². The molecule has 3 aliphatic rings. The van der Waals surface area contributed by atoms with Crippen molar-refractivity contribution in [3.8, 4) is 0 Å². The van der Waals surface area contributed by atoms with E-state index in [2.05, 4.69) is 0 Å². The number of benzene rings is 1. The summed E-state index contributed by atoms with van der Waals surface area (Å²) in [6, 6.07) is 9.90. The Morgan fingerprint density at radius 1 is 1.33 bits per heavy atom. The van der Waals surface area contributed by atoms with Crippen LogP contribution in [0.2, 0.25) is 0 Å².